The number of hydrogen-bond donors (Lipinski definition) is 0. The van der Waals surface area contributed by atoms with Crippen LogP contribution in [0, 0.1) is 11.8 Å². The average molecular weight is 154 g/mol. The predicted molar refractivity (Wildman–Crippen MR) is 43.9 cm³/mol. The van der Waals surface area contributed by atoms with Crippen molar-refractivity contribution >= 4 is 5.97 Å². The number of esters is 1. The molecule has 0 aliphatic heterocycles. The molecule has 0 rings (SSSR count). The molecule has 0 radical (unpaired) electrons. The SMILES string of the molecule is CCC#CCCCOC(C)=O. The summed E-state index contributed by atoms with van der Waals surface area (Å²) in [4.78, 5) is 10.3. The Morgan fingerprint density at radius 1 is 1.45 bits per heavy atom. The van der Waals surface area contributed by atoms with Gasteiger partial charge in [0.1, 0.15) is 0 Å². The summed E-state index contributed by atoms with van der Waals surface area (Å²) in [6.45, 7) is 3.92. The Bertz CT molecular complexity index is 162. The summed E-state index contributed by atoms with van der Waals surface area (Å²) in [5, 5.41) is 0. The predicted octanol–water partition coefficient (Wildman–Crippen LogP) is 1.74. The van der Waals surface area contributed by atoms with E-state index in [1.165, 1.54) is 6.92 Å². The highest BCUT2D eigenvalue weighted by molar-refractivity contribution is 5.65. The van der Waals surface area contributed by atoms with E-state index >= 15 is 0 Å². The normalized spacial score (nSPS) is 8.18. The largest absolute Gasteiger partial charge is 0.466 e. The van der Waals surface area contributed by atoms with Crippen LogP contribution >= 0.6 is 0 Å². The minimum absolute atomic E-state index is 0.214. The summed E-state index contributed by atoms with van der Waals surface area (Å²) in [6.07, 6.45) is 2.56. The molecular weight excluding hydrogens is 140 g/mol. The summed E-state index contributed by atoms with van der Waals surface area (Å²) in [6, 6.07) is 0. The maximum absolute atomic E-state index is 10.3. The summed E-state index contributed by atoms with van der Waals surface area (Å²) in [5.74, 6) is 5.70. The molecule has 0 saturated carbocycles. The second-order valence-electron chi connectivity index (χ2n) is 2.15. The summed E-state index contributed by atoms with van der Waals surface area (Å²) < 4.78 is 4.72. The molecule has 11 heavy (non-hydrogen) atoms. The Labute approximate surface area is 67.9 Å². The van der Waals surface area contributed by atoms with Gasteiger partial charge >= 0.3 is 5.97 Å². The van der Waals surface area contributed by atoms with Gasteiger partial charge in [0.15, 0.2) is 0 Å². The molecule has 0 aliphatic rings. The van der Waals surface area contributed by atoms with Crippen molar-refractivity contribution in [2.75, 3.05) is 6.61 Å². The van der Waals surface area contributed by atoms with Gasteiger partial charge in [-0.1, -0.05) is 6.92 Å². The van der Waals surface area contributed by atoms with Crippen molar-refractivity contribution in [3.8, 4) is 11.8 Å². The lowest BCUT2D eigenvalue weighted by atomic mass is 10.3. The van der Waals surface area contributed by atoms with Gasteiger partial charge in [0.05, 0.1) is 6.61 Å². The highest BCUT2D eigenvalue weighted by Gasteiger charge is 1.89. The molecule has 0 spiro atoms. The van der Waals surface area contributed by atoms with Crippen LogP contribution in [0.25, 0.3) is 0 Å². The van der Waals surface area contributed by atoms with Crippen LogP contribution in [0.2, 0.25) is 0 Å². The number of hydrogen-bond acceptors (Lipinski definition) is 2. The molecule has 0 heterocycles. The molecule has 0 N–H and O–H groups in total. The molecule has 0 aromatic rings. The molecule has 0 bridgehead atoms. The van der Waals surface area contributed by atoms with E-state index in [9.17, 15) is 4.79 Å². The van der Waals surface area contributed by atoms with Crippen molar-refractivity contribution in [3.63, 3.8) is 0 Å². The average Bonchev–Trinajstić information content (AvgIpc) is 1.96. The molecular formula is C9H14O2. The fourth-order valence-electron chi connectivity index (χ4n) is 0.590. The number of carbonyl (C=O) groups excluding carboxylic acids is 1. The van der Waals surface area contributed by atoms with Crippen LogP contribution in [0.5, 0.6) is 0 Å². The topological polar surface area (TPSA) is 26.3 Å². The summed E-state index contributed by atoms with van der Waals surface area (Å²) in [7, 11) is 0. The lowest BCUT2D eigenvalue weighted by molar-refractivity contribution is -0.141. The first-order valence-electron chi connectivity index (χ1n) is 3.86. The Hall–Kier alpha value is -0.970. The first-order valence-corrected chi connectivity index (χ1v) is 3.86. The Balaban J connectivity index is 3.08. The molecule has 2 heteroatoms. The van der Waals surface area contributed by atoms with Gasteiger partial charge in [0.2, 0.25) is 0 Å². The van der Waals surface area contributed by atoms with Gasteiger partial charge < -0.3 is 4.74 Å². The fraction of sp³-hybridized carbons (Fsp3) is 0.667. The number of rotatable bonds is 3. The van der Waals surface area contributed by atoms with Crippen LogP contribution in [0.15, 0.2) is 0 Å². The lowest BCUT2D eigenvalue weighted by Crippen LogP contribution is -1.99. The van der Waals surface area contributed by atoms with Crippen LogP contribution in [-0.2, 0) is 9.53 Å². The van der Waals surface area contributed by atoms with Crippen LogP contribution in [0.1, 0.15) is 33.1 Å². The quantitative estimate of drug-likeness (QED) is 0.351. The third kappa shape index (κ3) is 9.03. The van der Waals surface area contributed by atoms with E-state index in [0.29, 0.717) is 6.61 Å². The molecule has 62 valence electrons. The molecule has 0 saturated heterocycles. The van der Waals surface area contributed by atoms with Crippen LogP contribution in [0.3, 0.4) is 0 Å². The zero-order chi connectivity index (χ0) is 8.53. The van der Waals surface area contributed by atoms with Crippen molar-refractivity contribution in [1.82, 2.24) is 0 Å². The third-order valence-electron chi connectivity index (χ3n) is 1.05. The smallest absolute Gasteiger partial charge is 0.302 e. The third-order valence-corrected chi connectivity index (χ3v) is 1.05. The van der Waals surface area contributed by atoms with Gasteiger partial charge in [-0.15, -0.1) is 11.8 Å². The molecule has 0 atom stereocenters. The second kappa shape index (κ2) is 7.14. The number of carbonyl (C=O) groups is 1. The Kier molecular flexibility index (Phi) is 6.51. The standard InChI is InChI=1S/C9H14O2/c1-3-4-5-6-7-8-11-9(2)10/h3,6-8H2,1-2H3. The minimum atomic E-state index is -0.214. The van der Waals surface area contributed by atoms with E-state index in [4.69, 9.17) is 4.74 Å². The van der Waals surface area contributed by atoms with E-state index in [2.05, 4.69) is 11.8 Å². The van der Waals surface area contributed by atoms with Crippen LogP contribution < -0.4 is 0 Å². The second-order valence-corrected chi connectivity index (χ2v) is 2.15. The lowest BCUT2D eigenvalue weighted by Gasteiger charge is -1.96. The summed E-state index contributed by atoms with van der Waals surface area (Å²) in [5.41, 5.74) is 0. The first-order chi connectivity index (χ1) is 5.27. The molecule has 0 amide bonds. The van der Waals surface area contributed by atoms with Crippen molar-refractivity contribution < 1.29 is 9.53 Å². The molecule has 0 aliphatic carbocycles. The highest BCUT2D eigenvalue weighted by Crippen LogP contribution is 1.88. The Morgan fingerprint density at radius 2 is 2.18 bits per heavy atom. The molecule has 0 aromatic heterocycles. The monoisotopic (exact) mass is 154 g/mol. The van der Waals surface area contributed by atoms with Gasteiger partial charge in [-0.05, 0) is 6.42 Å². The van der Waals surface area contributed by atoms with E-state index in [0.717, 1.165) is 19.3 Å². The van der Waals surface area contributed by atoms with Crippen LogP contribution in [0.4, 0.5) is 0 Å². The van der Waals surface area contributed by atoms with Gasteiger partial charge in [-0.3, -0.25) is 4.79 Å². The van der Waals surface area contributed by atoms with Gasteiger partial charge in [0, 0.05) is 19.8 Å². The molecule has 0 fully saturated rings. The maximum Gasteiger partial charge on any atom is 0.302 e. The van der Waals surface area contributed by atoms with E-state index in [1.54, 1.807) is 0 Å². The highest BCUT2D eigenvalue weighted by atomic mass is 16.5. The van der Waals surface area contributed by atoms with Gasteiger partial charge in [-0.2, -0.15) is 0 Å². The van der Waals surface area contributed by atoms with E-state index in [-0.39, 0.29) is 5.97 Å². The zero-order valence-corrected chi connectivity index (χ0v) is 7.14. The van der Waals surface area contributed by atoms with Crippen LogP contribution in [-0.4, -0.2) is 12.6 Å². The first kappa shape index (κ1) is 10.0. The molecule has 2 nitrogen and oxygen atoms in total. The van der Waals surface area contributed by atoms with Crippen molar-refractivity contribution in [2.45, 2.75) is 33.1 Å². The van der Waals surface area contributed by atoms with Crippen molar-refractivity contribution in [3.05, 3.63) is 0 Å². The van der Waals surface area contributed by atoms with E-state index < -0.39 is 0 Å². The zero-order valence-electron chi connectivity index (χ0n) is 7.14. The fourth-order valence-corrected chi connectivity index (χ4v) is 0.590. The number of unbranched alkanes of at least 4 members (excludes halogenated alkanes) is 1. The Morgan fingerprint density at radius 3 is 2.73 bits per heavy atom. The van der Waals surface area contributed by atoms with Crippen molar-refractivity contribution in [1.29, 1.82) is 0 Å². The number of ether oxygens (including phenoxy) is 1. The van der Waals surface area contributed by atoms with Gasteiger partial charge in [-0.25, -0.2) is 0 Å². The molecule has 0 aromatic carbocycles. The van der Waals surface area contributed by atoms with Gasteiger partial charge in [0.25, 0.3) is 0 Å². The summed E-state index contributed by atoms with van der Waals surface area (Å²) >= 11 is 0. The van der Waals surface area contributed by atoms with E-state index in [1.807, 2.05) is 6.92 Å². The van der Waals surface area contributed by atoms with Crippen molar-refractivity contribution in [2.24, 2.45) is 0 Å². The maximum atomic E-state index is 10.3. The minimum Gasteiger partial charge on any atom is -0.466 e. The molecule has 0 unspecified atom stereocenters.